The van der Waals surface area contributed by atoms with Gasteiger partial charge in [-0.05, 0) is 23.8 Å². The molecule has 1 nitrogen and oxygen atoms in total. The lowest BCUT2D eigenvalue weighted by Crippen LogP contribution is -1.75. The SMILES string of the molecule is OC/C=C\c1cc(Cl)cc(Cl)c1. The molecule has 0 heterocycles. The summed E-state index contributed by atoms with van der Waals surface area (Å²) in [7, 11) is 0. The Bertz CT molecular complexity index is 274. The number of hydrogen-bond donors (Lipinski definition) is 1. The van der Waals surface area contributed by atoms with Crippen LogP contribution in [0, 0.1) is 0 Å². The van der Waals surface area contributed by atoms with E-state index in [-0.39, 0.29) is 6.61 Å². The van der Waals surface area contributed by atoms with Crippen LogP contribution in [0.4, 0.5) is 0 Å². The van der Waals surface area contributed by atoms with Crippen LogP contribution >= 0.6 is 23.2 Å². The first-order valence-corrected chi connectivity index (χ1v) is 4.21. The van der Waals surface area contributed by atoms with Crippen molar-refractivity contribution >= 4 is 29.3 Å². The van der Waals surface area contributed by atoms with Gasteiger partial charge in [-0.2, -0.15) is 0 Å². The molecule has 0 saturated heterocycles. The largest absolute Gasteiger partial charge is 0.392 e. The predicted octanol–water partition coefficient (Wildman–Crippen LogP) is 3.00. The second-order valence-corrected chi connectivity index (χ2v) is 3.16. The summed E-state index contributed by atoms with van der Waals surface area (Å²) in [6.07, 6.45) is 3.39. The number of hydrogen-bond acceptors (Lipinski definition) is 1. The van der Waals surface area contributed by atoms with Gasteiger partial charge in [0.15, 0.2) is 0 Å². The quantitative estimate of drug-likeness (QED) is 0.783. The molecular weight excluding hydrogens is 195 g/mol. The molecule has 0 amide bonds. The van der Waals surface area contributed by atoms with Gasteiger partial charge in [0, 0.05) is 10.0 Å². The molecule has 1 N–H and O–H groups in total. The fourth-order valence-corrected chi connectivity index (χ4v) is 1.40. The van der Waals surface area contributed by atoms with Crippen molar-refractivity contribution in [2.45, 2.75) is 0 Å². The maximum Gasteiger partial charge on any atom is 0.0615 e. The lowest BCUT2D eigenvalue weighted by molar-refractivity contribution is 0.343. The lowest BCUT2D eigenvalue weighted by atomic mass is 10.2. The van der Waals surface area contributed by atoms with Gasteiger partial charge in [-0.25, -0.2) is 0 Å². The summed E-state index contributed by atoms with van der Waals surface area (Å²) in [5.41, 5.74) is 0.890. The normalized spacial score (nSPS) is 10.9. The molecule has 0 aliphatic heterocycles. The van der Waals surface area contributed by atoms with Gasteiger partial charge in [0.05, 0.1) is 6.61 Å². The first-order valence-electron chi connectivity index (χ1n) is 3.46. The van der Waals surface area contributed by atoms with Crippen LogP contribution in [0.25, 0.3) is 6.08 Å². The summed E-state index contributed by atoms with van der Waals surface area (Å²) in [6, 6.07) is 5.22. The van der Waals surface area contributed by atoms with Gasteiger partial charge in [0.2, 0.25) is 0 Å². The van der Waals surface area contributed by atoms with Crippen LogP contribution in [0.2, 0.25) is 10.0 Å². The van der Waals surface area contributed by atoms with E-state index in [1.54, 1.807) is 30.4 Å². The van der Waals surface area contributed by atoms with E-state index in [1.807, 2.05) is 0 Å². The van der Waals surface area contributed by atoms with E-state index in [2.05, 4.69) is 0 Å². The Kier molecular flexibility index (Phi) is 3.60. The summed E-state index contributed by atoms with van der Waals surface area (Å²) in [5, 5.41) is 9.71. The molecule has 0 radical (unpaired) electrons. The molecular formula is C9H8Cl2O. The molecule has 0 atom stereocenters. The predicted molar refractivity (Wildman–Crippen MR) is 52.6 cm³/mol. The Morgan fingerprint density at radius 2 is 1.75 bits per heavy atom. The molecule has 64 valence electrons. The Hall–Kier alpha value is -0.500. The van der Waals surface area contributed by atoms with Gasteiger partial charge in [0.25, 0.3) is 0 Å². The standard InChI is InChI=1S/C9H8Cl2O/c10-8-4-7(2-1-3-12)5-9(11)6-8/h1-2,4-6,12H,3H2/b2-1-. The zero-order chi connectivity index (χ0) is 8.97. The van der Waals surface area contributed by atoms with E-state index >= 15 is 0 Å². The highest BCUT2D eigenvalue weighted by atomic mass is 35.5. The maximum absolute atomic E-state index is 8.51. The van der Waals surface area contributed by atoms with Gasteiger partial charge in [-0.1, -0.05) is 35.4 Å². The van der Waals surface area contributed by atoms with Crippen LogP contribution in [0.15, 0.2) is 24.3 Å². The highest BCUT2D eigenvalue weighted by Gasteiger charge is 1.93. The van der Waals surface area contributed by atoms with Crippen LogP contribution < -0.4 is 0 Å². The number of halogens is 2. The highest BCUT2D eigenvalue weighted by Crippen LogP contribution is 2.19. The molecule has 0 saturated carbocycles. The Labute approximate surface area is 81.2 Å². The number of benzene rings is 1. The molecule has 0 aromatic heterocycles. The first-order chi connectivity index (χ1) is 5.72. The number of aliphatic hydroxyl groups excluding tert-OH is 1. The van der Waals surface area contributed by atoms with Crippen LogP contribution in [0.5, 0.6) is 0 Å². The lowest BCUT2D eigenvalue weighted by Gasteiger charge is -1.96. The van der Waals surface area contributed by atoms with Crippen molar-refractivity contribution in [2.24, 2.45) is 0 Å². The van der Waals surface area contributed by atoms with Crippen LogP contribution in [0.1, 0.15) is 5.56 Å². The average Bonchev–Trinajstić information content (AvgIpc) is 1.99. The second-order valence-electron chi connectivity index (χ2n) is 2.29. The van der Waals surface area contributed by atoms with Crippen molar-refractivity contribution in [2.75, 3.05) is 6.61 Å². The number of aliphatic hydroxyl groups is 1. The van der Waals surface area contributed by atoms with Crippen molar-refractivity contribution in [3.05, 3.63) is 39.9 Å². The van der Waals surface area contributed by atoms with Gasteiger partial charge in [-0.3, -0.25) is 0 Å². The molecule has 1 aromatic rings. The van der Waals surface area contributed by atoms with Crippen LogP contribution in [-0.2, 0) is 0 Å². The Balaban J connectivity index is 2.93. The van der Waals surface area contributed by atoms with Gasteiger partial charge >= 0.3 is 0 Å². The molecule has 1 aromatic carbocycles. The zero-order valence-corrected chi connectivity index (χ0v) is 7.81. The van der Waals surface area contributed by atoms with Gasteiger partial charge < -0.3 is 5.11 Å². The summed E-state index contributed by atoms with van der Waals surface area (Å²) in [5.74, 6) is 0. The fraction of sp³-hybridized carbons (Fsp3) is 0.111. The Morgan fingerprint density at radius 1 is 1.17 bits per heavy atom. The third kappa shape index (κ3) is 2.86. The van der Waals surface area contributed by atoms with Crippen LogP contribution in [-0.4, -0.2) is 11.7 Å². The fourth-order valence-electron chi connectivity index (χ4n) is 0.860. The molecule has 0 bridgehead atoms. The molecule has 3 heteroatoms. The van der Waals surface area contributed by atoms with E-state index < -0.39 is 0 Å². The molecule has 0 spiro atoms. The third-order valence-electron chi connectivity index (χ3n) is 1.30. The minimum Gasteiger partial charge on any atom is -0.392 e. The van der Waals surface area contributed by atoms with E-state index in [0.717, 1.165) is 5.56 Å². The summed E-state index contributed by atoms with van der Waals surface area (Å²) >= 11 is 11.5. The minimum absolute atomic E-state index is 0.0180. The van der Waals surface area contributed by atoms with Gasteiger partial charge in [0.1, 0.15) is 0 Å². The second kappa shape index (κ2) is 4.51. The molecule has 12 heavy (non-hydrogen) atoms. The smallest absolute Gasteiger partial charge is 0.0615 e. The minimum atomic E-state index is 0.0180. The molecule has 1 rings (SSSR count). The highest BCUT2D eigenvalue weighted by molar-refractivity contribution is 6.34. The summed E-state index contributed by atoms with van der Waals surface area (Å²) in [4.78, 5) is 0. The van der Waals surface area contributed by atoms with Crippen molar-refractivity contribution < 1.29 is 5.11 Å². The van der Waals surface area contributed by atoms with Gasteiger partial charge in [-0.15, -0.1) is 0 Å². The van der Waals surface area contributed by atoms with E-state index in [0.29, 0.717) is 10.0 Å². The van der Waals surface area contributed by atoms with E-state index in [1.165, 1.54) is 0 Å². The van der Waals surface area contributed by atoms with Crippen molar-refractivity contribution in [3.63, 3.8) is 0 Å². The van der Waals surface area contributed by atoms with E-state index in [4.69, 9.17) is 28.3 Å². The van der Waals surface area contributed by atoms with Crippen molar-refractivity contribution in [1.29, 1.82) is 0 Å². The van der Waals surface area contributed by atoms with Crippen LogP contribution in [0.3, 0.4) is 0 Å². The molecule has 0 fully saturated rings. The van der Waals surface area contributed by atoms with E-state index in [9.17, 15) is 0 Å². The maximum atomic E-state index is 8.51. The summed E-state index contributed by atoms with van der Waals surface area (Å²) in [6.45, 7) is 0.0180. The third-order valence-corrected chi connectivity index (χ3v) is 1.74. The summed E-state index contributed by atoms with van der Waals surface area (Å²) < 4.78 is 0. The molecule has 0 unspecified atom stereocenters. The Morgan fingerprint density at radius 3 is 2.25 bits per heavy atom. The first kappa shape index (κ1) is 9.59. The van der Waals surface area contributed by atoms with Crippen molar-refractivity contribution in [3.8, 4) is 0 Å². The topological polar surface area (TPSA) is 20.2 Å². The number of rotatable bonds is 2. The zero-order valence-electron chi connectivity index (χ0n) is 6.30. The van der Waals surface area contributed by atoms with Crippen molar-refractivity contribution in [1.82, 2.24) is 0 Å². The average molecular weight is 203 g/mol. The monoisotopic (exact) mass is 202 g/mol. The molecule has 0 aliphatic carbocycles. The molecule has 0 aliphatic rings.